The van der Waals surface area contributed by atoms with E-state index in [0.717, 1.165) is 25.2 Å². The van der Waals surface area contributed by atoms with Crippen molar-refractivity contribution in [3.8, 4) is 0 Å². The monoisotopic (exact) mass is 424 g/mol. The molecule has 8 heteroatoms. The van der Waals surface area contributed by atoms with Gasteiger partial charge in [0.05, 0.1) is 18.1 Å². The van der Waals surface area contributed by atoms with E-state index in [1.54, 1.807) is 20.8 Å². The van der Waals surface area contributed by atoms with E-state index >= 15 is 0 Å². The molecule has 2 bridgehead atoms. The molecule has 3 saturated carbocycles. The SMILES string of the molecule is CC(C)C[C@H](NC(=O)CNC(=O)OC(C)(C)C)B(O)O[C@]1(C)CC[C@@H]2CC1C2(C)C. The summed E-state index contributed by atoms with van der Waals surface area (Å²) in [6.45, 7) is 15.8. The van der Waals surface area contributed by atoms with Crippen molar-refractivity contribution in [1.82, 2.24) is 10.6 Å². The van der Waals surface area contributed by atoms with Gasteiger partial charge >= 0.3 is 13.2 Å². The molecule has 30 heavy (non-hydrogen) atoms. The normalized spacial score (nSPS) is 28.3. The Morgan fingerprint density at radius 3 is 2.37 bits per heavy atom. The lowest BCUT2D eigenvalue weighted by molar-refractivity contribution is -0.187. The Kier molecular flexibility index (Phi) is 7.56. The molecule has 3 N–H and O–H groups in total. The maximum absolute atomic E-state index is 12.4. The quantitative estimate of drug-likeness (QED) is 0.520. The third-order valence-electron chi connectivity index (χ3n) is 6.79. The second-order valence-corrected chi connectivity index (χ2v) is 11.3. The van der Waals surface area contributed by atoms with E-state index in [0.29, 0.717) is 12.3 Å². The molecule has 0 aromatic rings. The molecule has 0 aromatic heterocycles. The van der Waals surface area contributed by atoms with Crippen molar-refractivity contribution in [2.75, 3.05) is 6.54 Å². The summed E-state index contributed by atoms with van der Waals surface area (Å²) < 4.78 is 11.4. The van der Waals surface area contributed by atoms with E-state index < -0.39 is 30.4 Å². The number of nitrogens with one attached hydrogen (secondary N) is 2. The van der Waals surface area contributed by atoms with Crippen LogP contribution in [0, 0.1) is 23.2 Å². The molecule has 2 amide bonds. The van der Waals surface area contributed by atoms with Crippen LogP contribution in [0.4, 0.5) is 4.79 Å². The number of amides is 2. The van der Waals surface area contributed by atoms with Gasteiger partial charge in [-0.05, 0) is 76.5 Å². The highest BCUT2D eigenvalue weighted by Crippen LogP contribution is 2.63. The molecule has 0 heterocycles. The lowest BCUT2D eigenvalue weighted by Crippen LogP contribution is -2.64. The molecule has 0 saturated heterocycles. The molecular weight excluding hydrogens is 383 g/mol. The zero-order chi connectivity index (χ0) is 22.9. The third-order valence-corrected chi connectivity index (χ3v) is 6.79. The lowest BCUT2D eigenvalue weighted by Gasteiger charge is -2.64. The van der Waals surface area contributed by atoms with Crippen LogP contribution in [0.5, 0.6) is 0 Å². The van der Waals surface area contributed by atoms with Gasteiger partial charge in [0.15, 0.2) is 0 Å². The number of rotatable bonds is 8. The van der Waals surface area contributed by atoms with Gasteiger partial charge < -0.3 is 25.0 Å². The molecule has 3 fully saturated rings. The molecule has 172 valence electrons. The van der Waals surface area contributed by atoms with E-state index in [9.17, 15) is 14.6 Å². The van der Waals surface area contributed by atoms with Gasteiger partial charge in [-0.25, -0.2) is 4.79 Å². The Balaban J connectivity index is 1.94. The molecule has 0 radical (unpaired) electrons. The molecule has 7 nitrogen and oxygen atoms in total. The summed E-state index contributed by atoms with van der Waals surface area (Å²) >= 11 is 0. The molecule has 0 aromatic carbocycles. The van der Waals surface area contributed by atoms with Crippen molar-refractivity contribution in [1.29, 1.82) is 0 Å². The summed E-state index contributed by atoms with van der Waals surface area (Å²) in [5.41, 5.74) is -0.804. The summed E-state index contributed by atoms with van der Waals surface area (Å²) in [4.78, 5) is 24.2. The molecular formula is C22H41BN2O5. The average molecular weight is 424 g/mol. The Bertz CT molecular complexity index is 632. The predicted molar refractivity (Wildman–Crippen MR) is 118 cm³/mol. The van der Waals surface area contributed by atoms with Crippen LogP contribution in [0.2, 0.25) is 0 Å². The number of fused-ring (bicyclic) bond motifs is 2. The van der Waals surface area contributed by atoms with Gasteiger partial charge in [0.1, 0.15) is 5.60 Å². The highest BCUT2D eigenvalue weighted by Gasteiger charge is 2.60. The summed E-state index contributed by atoms with van der Waals surface area (Å²) in [6.07, 6.45) is 3.09. The Morgan fingerprint density at radius 2 is 1.87 bits per heavy atom. The fourth-order valence-corrected chi connectivity index (χ4v) is 5.16. The summed E-state index contributed by atoms with van der Waals surface area (Å²) in [5, 5.41) is 16.2. The summed E-state index contributed by atoms with van der Waals surface area (Å²) in [5.74, 6) is 0.475. The van der Waals surface area contributed by atoms with Crippen LogP contribution >= 0.6 is 0 Å². The number of hydrogen-bond donors (Lipinski definition) is 3. The lowest BCUT2D eigenvalue weighted by atomic mass is 9.44. The Hall–Kier alpha value is -1.28. The fourth-order valence-electron chi connectivity index (χ4n) is 5.16. The average Bonchev–Trinajstić information content (AvgIpc) is 2.56. The minimum Gasteiger partial charge on any atom is -0.444 e. The van der Waals surface area contributed by atoms with Crippen LogP contribution in [0.1, 0.15) is 81.1 Å². The van der Waals surface area contributed by atoms with Gasteiger partial charge in [-0.1, -0.05) is 27.7 Å². The van der Waals surface area contributed by atoms with Crippen molar-refractivity contribution in [3.05, 3.63) is 0 Å². The number of carbonyl (C=O) groups is 2. The van der Waals surface area contributed by atoms with Crippen LogP contribution < -0.4 is 10.6 Å². The zero-order valence-electron chi connectivity index (χ0n) is 20.0. The molecule has 0 spiro atoms. The number of ether oxygens (including phenoxy) is 1. The summed E-state index contributed by atoms with van der Waals surface area (Å²) in [7, 11) is -1.10. The van der Waals surface area contributed by atoms with Gasteiger partial charge in [0.2, 0.25) is 5.91 Å². The minimum atomic E-state index is -1.10. The highest BCUT2D eigenvalue weighted by molar-refractivity contribution is 6.45. The van der Waals surface area contributed by atoms with Gasteiger partial charge in [0.25, 0.3) is 0 Å². The van der Waals surface area contributed by atoms with Crippen LogP contribution in [0.25, 0.3) is 0 Å². The zero-order valence-corrected chi connectivity index (χ0v) is 20.0. The molecule has 3 aliphatic carbocycles. The fraction of sp³-hybridized carbons (Fsp3) is 0.909. The van der Waals surface area contributed by atoms with Crippen molar-refractivity contribution < 1.29 is 24.0 Å². The first-order chi connectivity index (χ1) is 13.6. The largest absolute Gasteiger partial charge is 0.478 e. The molecule has 4 atom stereocenters. The maximum atomic E-state index is 12.4. The molecule has 3 rings (SSSR count). The van der Waals surface area contributed by atoms with Gasteiger partial charge in [0, 0.05) is 0 Å². The minimum absolute atomic E-state index is 0.217. The maximum Gasteiger partial charge on any atom is 0.478 e. The van der Waals surface area contributed by atoms with Crippen LogP contribution in [-0.2, 0) is 14.2 Å². The standard InChI is InChI=1S/C22H41BN2O5/c1-14(2)11-17(25-18(26)13-24-19(27)29-20(3,4)5)23(28)30-22(8)10-9-15-12-16(22)21(15,6)7/h14-17,28H,9-13H2,1-8H3,(H,24,27)(H,25,26)/t15-,16?,17+,22-/m1/s1. The Morgan fingerprint density at radius 1 is 1.23 bits per heavy atom. The second-order valence-electron chi connectivity index (χ2n) is 11.3. The highest BCUT2D eigenvalue weighted by atomic mass is 16.6. The van der Waals surface area contributed by atoms with E-state index in [1.165, 1.54) is 0 Å². The predicted octanol–water partition coefficient (Wildman–Crippen LogP) is 3.29. The summed E-state index contributed by atoms with van der Waals surface area (Å²) in [6, 6.07) is 0. The molecule has 0 aliphatic heterocycles. The third kappa shape index (κ3) is 6.13. The van der Waals surface area contributed by atoms with E-state index in [2.05, 4.69) is 31.4 Å². The van der Waals surface area contributed by atoms with Crippen molar-refractivity contribution in [3.63, 3.8) is 0 Å². The van der Waals surface area contributed by atoms with Gasteiger partial charge in [-0.2, -0.15) is 0 Å². The topological polar surface area (TPSA) is 96.9 Å². The van der Waals surface area contributed by atoms with Crippen LogP contribution in [0.3, 0.4) is 0 Å². The number of alkyl carbamates (subject to hydrolysis) is 1. The number of carbonyl (C=O) groups excluding carboxylic acids is 2. The van der Waals surface area contributed by atoms with E-state index in [1.807, 2.05) is 13.8 Å². The smallest absolute Gasteiger partial charge is 0.444 e. The van der Waals surface area contributed by atoms with E-state index in [4.69, 9.17) is 9.39 Å². The van der Waals surface area contributed by atoms with Gasteiger partial charge in [-0.15, -0.1) is 0 Å². The first-order valence-corrected chi connectivity index (χ1v) is 11.3. The molecule has 3 aliphatic rings. The number of hydrogen-bond acceptors (Lipinski definition) is 5. The van der Waals surface area contributed by atoms with Gasteiger partial charge in [-0.3, -0.25) is 4.79 Å². The van der Waals surface area contributed by atoms with Crippen molar-refractivity contribution in [2.45, 2.75) is 98.2 Å². The van der Waals surface area contributed by atoms with E-state index in [-0.39, 0.29) is 23.8 Å². The second kappa shape index (κ2) is 9.07. The van der Waals surface area contributed by atoms with Crippen molar-refractivity contribution >= 4 is 19.1 Å². The first-order valence-electron chi connectivity index (χ1n) is 11.3. The Labute approximate surface area is 182 Å². The molecule has 1 unspecified atom stereocenters. The van der Waals surface area contributed by atoms with Crippen molar-refractivity contribution in [2.24, 2.45) is 23.2 Å². The van der Waals surface area contributed by atoms with Crippen LogP contribution in [-0.4, -0.2) is 47.8 Å². The first kappa shape index (κ1) is 25.0. The van der Waals surface area contributed by atoms with Crippen LogP contribution in [0.15, 0.2) is 0 Å².